The zero-order valence-corrected chi connectivity index (χ0v) is 10.1. The van der Waals surface area contributed by atoms with Gasteiger partial charge in [0.05, 0.1) is 0 Å². The van der Waals surface area contributed by atoms with Crippen LogP contribution in [0, 0.1) is 6.92 Å². The number of nitrogens with zero attached hydrogens (tertiary/aromatic N) is 2. The fourth-order valence-electron chi connectivity index (χ4n) is 1.25. The zero-order chi connectivity index (χ0) is 11.1. The Morgan fingerprint density at radius 3 is 2.87 bits per heavy atom. The van der Waals surface area contributed by atoms with Gasteiger partial charge in [-0.1, -0.05) is 19.8 Å². The van der Waals surface area contributed by atoms with Gasteiger partial charge in [-0.2, -0.15) is 0 Å². The first kappa shape index (κ1) is 12.3. The summed E-state index contributed by atoms with van der Waals surface area (Å²) in [5, 5.41) is 1.02. The Bertz CT molecular complexity index is 303. The quantitative estimate of drug-likeness (QED) is 0.256. The largest absolute Gasteiger partial charge is 0.308 e. The molecule has 0 spiro atoms. The molecule has 0 aliphatic carbocycles. The highest BCUT2D eigenvalue weighted by Gasteiger charge is 2.05. The van der Waals surface area contributed by atoms with E-state index in [4.69, 9.17) is 5.84 Å². The minimum Gasteiger partial charge on any atom is -0.308 e. The molecule has 0 saturated heterocycles. The number of unbranched alkanes of at least 4 members (excludes halogenated alkanes) is 2. The first-order valence-electron chi connectivity index (χ1n) is 5.20. The maximum atomic E-state index is 5.35. The summed E-state index contributed by atoms with van der Waals surface area (Å²) in [6, 6.07) is 0. The van der Waals surface area contributed by atoms with Crippen molar-refractivity contribution in [2.75, 3.05) is 11.2 Å². The molecular weight excluding hydrogens is 208 g/mol. The van der Waals surface area contributed by atoms with E-state index in [1.165, 1.54) is 19.3 Å². The van der Waals surface area contributed by atoms with Gasteiger partial charge in [0.2, 0.25) is 0 Å². The molecule has 0 amide bonds. The van der Waals surface area contributed by atoms with Gasteiger partial charge in [-0.15, -0.1) is 11.8 Å². The highest BCUT2D eigenvalue weighted by Crippen LogP contribution is 2.24. The van der Waals surface area contributed by atoms with Gasteiger partial charge >= 0.3 is 0 Å². The molecule has 1 rings (SSSR count). The number of rotatable bonds is 6. The lowest BCUT2D eigenvalue weighted by atomic mass is 10.3. The number of hydrogen-bond acceptors (Lipinski definition) is 5. The molecule has 0 aliphatic heterocycles. The Kier molecular flexibility index (Phi) is 5.42. The average Bonchev–Trinajstić information content (AvgIpc) is 2.26. The summed E-state index contributed by atoms with van der Waals surface area (Å²) in [5.74, 6) is 7.16. The molecule has 0 aromatic carbocycles. The fraction of sp³-hybridized carbons (Fsp3) is 0.600. The highest BCUT2D eigenvalue weighted by molar-refractivity contribution is 7.99. The van der Waals surface area contributed by atoms with Crippen LogP contribution in [0.4, 0.5) is 5.82 Å². The maximum absolute atomic E-state index is 5.35. The third-order valence-corrected chi connectivity index (χ3v) is 3.34. The van der Waals surface area contributed by atoms with E-state index in [-0.39, 0.29) is 0 Å². The van der Waals surface area contributed by atoms with Crippen molar-refractivity contribution in [2.45, 2.75) is 38.1 Å². The Morgan fingerprint density at radius 1 is 1.40 bits per heavy atom. The molecule has 0 radical (unpaired) electrons. The first-order valence-corrected chi connectivity index (χ1v) is 6.19. The van der Waals surface area contributed by atoms with Gasteiger partial charge in [0, 0.05) is 5.56 Å². The topological polar surface area (TPSA) is 63.8 Å². The van der Waals surface area contributed by atoms with Crippen molar-refractivity contribution < 1.29 is 0 Å². The summed E-state index contributed by atoms with van der Waals surface area (Å²) in [6.45, 7) is 4.19. The summed E-state index contributed by atoms with van der Waals surface area (Å²) in [4.78, 5) is 8.28. The smallest absolute Gasteiger partial charge is 0.147 e. The maximum Gasteiger partial charge on any atom is 0.147 e. The van der Waals surface area contributed by atoms with E-state index in [0.717, 1.165) is 16.3 Å². The molecule has 15 heavy (non-hydrogen) atoms. The predicted octanol–water partition coefficient (Wildman–Crippen LogP) is 2.35. The van der Waals surface area contributed by atoms with Crippen LogP contribution < -0.4 is 11.3 Å². The molecule has 0 atom stereocenters. The number of nitrogen functional groups attached to an aromatic ring is 1. The molecule has 0 bridgehead atoms. The van der Waals surface area contributed by atoms with Gasteiger partial charge in [0.15, 0.2) is 0 Å². The van der Waals surface area contributed by atoms with Gasteiger partial charge in [0.1, 0.15) is 17.2 Å². The molecule has 0 fully saturated rings. The summed E-state index contributed by atoms with van der Waals surface area (Å²) >= 11 is 1.77. The normalized spacial score (nSPS) is 10.3. The Labute approximate surface area is 95.0 Å². The number of nitrogens with one attached hydrogen (secondary N) is 1. The van der Waals surface area contributed by atoms with Crippen LogP contribution in [0.25, 0.3) is 0 Å². The predicted molar refractivity (Wildman–Crippen MR) is 64.8 cm³/mol. The number of hydrazine groups is 1. The molecule has 4 nitrogen and oxygen atoms in total. The molecule has 5 heteroatoms. The van der Waals surface area contributed by atoms with E-state index in [0.29, 0.717) is 5.82 Å². The molecular formula is C10H18N4S. The second kappa shape index (κ2) is 6.63. The number of hydrogen-bond donors (Lipinski definition) is 2. The molecule has 0 aliphatic rings. The third kappa shape index (κ3) is 3.68. The number of nitrogens with two attached hydrogens (primary N) is 1. The number of thioether (sulfide) groups is 1. The van der Waals surface area contributed by atoms with E-state index < -0.39 is 0 Å². The number of anilines is 1. The van der Waals surface area contributed by atoms with Crippen LogP contribution in [0.5, 0.6) is 0 Å². The van der Waals surface area contributed by atoms with E-state index in [1.807, 2.05) is 6.92 Å². The van der Waals surface area contributed by atoms with E-state index in [9.17, 15) is 0 Å². The summed E-state index contributed by atoms with van der Waals surface area (Å²) < 4.78 is 0. The Hall–Kier alpha value is -0.810. The van der Waals surface area contributed by atoms with Gasteiger partial charge < -0.3 is 5.43 Å². The second-order valence-electron chi connectivity index (χ2n) is 3.35. The highest BCUT2D eigenvalue weighted by atomic mass is 32.2. The van der Waals surface area contributed by atoms with Crippen LogP contribution in [0.15, 0.2) is 11.4 Å². The third-order valence-electron chi connectivity index (χ3n) is 2.16. The summed E-state index contributed by atoms with van der Waals surface area (Å²) in [7, 11) is 0. The van der Waals surface area contributed by atoms with Gasteiger partial charge in [-0.3, -0.25) is 0 Å². The standard InChI is InChI=1S/C10H18N4S/c1-3-4-5-6-15-10-8(2)9(14-11)12-7-13-10/h7H,3-6,11H2,1-2H3,(H,12,13,14). The average molecular weight is 226 g/mol. The van der Waals surface area contributed by atoms with Crippen LogP contribution in [0.1, 0.15) is 31.7 Å². The zero-order valence-electron chi connectivity index (χ0n) is 9.29. The first-order chi connectivity index (χ1) is 7.29. The van der Waals surface area contributed by atoms with Crippen LogP contribution in [-0.2, 0) is 0 Å². The van der Waals surface area contributed by atoms with E-state index in [2.05, 4.69) is 22.3 Å². The van der Waals surface area contributed by atoms with Crippen LogP contribution in [0.2, 0.25) is 0 Å². The molecule has 0 unspecified atom stereocenters. The lowest BCUT2D eigenvalue weighted by Gasteiger charge is -2.07. The van der Waals surface area contributed by atoms with E-state index in [1.54, 1.807) is 18.1 Å². The Balaban J connectivity index is 2.53. The summed E-state index contributed by atoms with van der Waals surface area (Å²) in [5.41, 5.74) is 3.60. The minimum absolute atomic E-state index is 0.711. The van der Waals surface area contributed by atoms with Crippen molar-refractivity contribution in [1.29, 1.82) is 0 Å². The van der Waals surface area contributed by atoms with Crippen molar-refractivity contribution >= 4 is 17.6 Å². The lowest BCUT2D eigenvalue weighted by Crippen LogP contribution is -2.10. The number of aromatic nitrogens is 2. The molecule has 1 aromatic heterocycles. The van der Waals surface area contributed by atoms with Crippen molar-refractivity contribution in [3.8, 4) is 0 Å². The van der Waals surface area contributed by atoms with Crippen molar-refractivity contribution in [2.24, 2.45) is 5.84 Å². The van der Waals surface area contributed by atoms with Gasteiger partial charge in [0.25, 0.3) is 0 Å². The van der Waals surface area contributed by atoms with Crippen molar-refractivity contribution in [1.82, 2.24) is 9.97 Å². The van der Waals surface area contributed by atoms with Crippen molar-refractivity contribution in [3.05, 3.63) is 11.9 Å². The molecule has 1 heterocycles. The molecule has 0 saturated carbocycles. The van der Waals surface area contributed by atoms with Crippen molar-refractivity contribution in [3.63, 3.8) is 0 Å². The van der Waals surface area contributed by atoms with Crippen LogP contribution in [-0.4, -0.2) is 15.7 Å². The molecule has 84 valence electrons. The summed E-state index contributed by atoms with van der Waals surface area (Å²) in [6.07, 6.45) is 5.30. The molecule has 3 N–H and O–H groups in total. The van der Waals surface area contributed by atoms with Gasteiger partial charge in [-0.05, 0) is 19.1 Å². The Morgan fingerprint density at radius 2 is 2.20 bits per heavy atom. The lowest BCUT2D eigenvalue weighted by molar-refractivity contribution is 0.778. The van der Waals surface area contributed by atoms with Gasteiger partial charge in [-0.25, -0.2) is 15.8 Å². The monoisotopic (exact) mass is 226 g/mol. The molecule has 1 aromatic rings. The fourth-order valence-corrected chi connectivity index (χ4v) is 2.22. The van der Waals surface area contributed by atoms with Crippen LogP contribution >= 0.6 is 11.8 Å². The van der Waals surface area contributed by atoms with E-state index >= 15 is 0 Å². The van der Waals surface area contributed by atoms with Crippen LogP contribution in [0.3, 0.4) is 0 Å². The SMILES string of the molecule is CCCCCSc1ncnc(NN)c1C. The minimum atomic E-state index is 0.711. The second-order valence-corrected chi connectivity index (χ2v) is 4.44.